The molecule has 196 valence electrons. The van der Waals surface area contributed by atoms with Crippen LogP contribution < -0.4 is 10.6 Å². The monoisotopic (exact) mass is 545 g/mol. The summed E-state index contributed by atoms with van der Waals surface area (Å²) in [5, 5.41) is 45.8. The first-order valence-corrected chi connectivity index (χ1v) is 13.1. The zero-order valence-electron chi connectivity index (χ0n) is 22.3. The molecule has 5 rings (SSSR count). The average Bonchev–Trinajstić information content (AvgIpc) is 3.56. The summed E-state index contributed by atoms with van der Waals surface area (Å²) < 4.78 is 1.54. The fourth-order valence-corrected chi connectivity index (χ4v) is 4.82. The first-order valence-electron chi connectivity index (χ1n) is 12.7. The van der Waals surface area contributed by atoms with Crippen molar-refractivity contribution < 1.29 is 0 Å². The van der Waals surface area contributed by atoms with Gasteiger partial charge >= 0.3 is 0 Å². The maximum absolute atomic E-state index is 10.0. The Morgan fingerprint density at radius 1 is 1.10 bits per heavy atom. The van der Waals surface area contributed by atoms with Gasteiger partial charge in [0.25, 0.3) is 0 Å². The number of nitriles is 3. The van der Waals surface area contributed by atoms with Gasteiger partial charge in [0.15, 0.2) is 5.54 Å². The Balaban J connectivity index is 1.68. The molecule has 1 unspecified atom stereocenters. The average molecular weight is 546 g/mol. The van der Waals surface area contributed by atoms with Crippen LogP contribution in [-0.2, 0) is 11.0 Å². The molecule has 2 N–H and O–H groups in total. The minimum atomic E-state index is -1.48. The third-order valence-corrected chi connectivity index (χ3v) is 7.25. The largest absolute Gasteiger partial charge is 0.383 e. The summed E-state index contributed by atoms with van der Waals surface area (Å²) in [5.74, 6) is 0. The summed E-state index contributed by atoms with van der Waals surface area (Å²) in [6.45, 7) is 6.84. The Bertz CT molecular complexity index is 1750. The number of pyridine rings is 1. The van der Waals surface area contributed by atoms with Crippen molar-refractivity contribution in [3.8, 4) is 18.2 Å². The highest BCUT2D eigenvalue weighted by Gasteiger charge is 2.47. The quantitative estimate of drug-likeness (QED) is 0.303. The highest BCUT2D eigenvalue weighted by Crippen LogP contribution is 2.43. The molecule has 1 saturated carbocycles. The lowest BCUT2D eigenvalue weighted by atomic mass is 9.69. The van der Waals surface area contributed by atoms with Crippen LogP contribution in [0.3, 0.4) is 0 Å². The summed E-state index contributed by atoms with van der Waals surface area (Å²) in [6, 6.07) is 17.3. The van der Waals surface area contributed by atoms with E-state index in [1.165, 1.54) is 6.20 Å². The van der Waals surface area contributed by atoms with Gasteiger partial charge in [0.1, 0.15) is 25.7 Å². The van der Waals surface area contributed by atoms with Crippen molar-refractivity contribution in [1.29, 1.82) is 15.8 Å². The van der Waals surface area contributed by atoms with E-state index >= 15 is 0 Å². The maximum atomic E-state index is 10.0. The van der Waals surface area contributed by atoms with Crippen LogP contribution in [-0.4, -0.2) is 34.4 Å². The summed E-state index contributed by atoms with van der Waals surface area (Å²) in [6.07, 6.45) is 4.49. The Kier molecular flexibility index (Phi) is 6.66. The number of fused-ring (bicyclic) bond motifs is 1. The number of halogens is 1. The predicted molar refractivity (Wildman–Crippen MR) is 154 cm³/mol. The van der Waals surface area contributed by atoms with E-state index in [4.69, 9.17) is 19.4 Å². The Labute approximate surface area is 238 Å². The third-order valence-electron chi connectivity index (χ3n) is 6.92. The summed E-state index contributed by atoms with van der Waals surface area (Å²) in [7, 11) is 7.08. The van der Waals surface area contributed by atoms with E-state index < -0.39 is 11.0 Å². The van der Waals surface area contributed by atoms with Crippen LogP contribution in [0.4, 0.5) is 11.4 Å². The van der Waals surface area contributed by atoms with Crippen molar-refractivity contribution in [1.82, 2.24) is 20.0 Å². The van der Waals surface area contributed by atoms with Crippen molar-refractivity contribution in [3.05, 3.63) is 76.2 Å². The van der Waals surface area contributed by atoms with Gasteiger partial charge in [0.05, 0.1) is 40.0 Å². The molecule has 2 aromatic carbocycles. The number of nitrogens with zero attached hydrogens (tertiary/aromatic N) is 7. The highest BCUT2D eigenvalue weighted by molar-refractivity contribution is 6.33. The van der Waals surface area contributed by atoms with Gasteiger partial charge < -0.3 is 10.6 Å². The molecular formula is C29H25BClN9. The molecule has 2 aromatic heterocycles. The minimum absolute atomic E-state index is 0.0686. The number of rotatable bonds is 7. The Hall–Kier alpha value is -4.59. The second kappa shape index (κ2) is 9.86. The van der Waals surface area contributed by atoms with Gasteiger partial charge in [-0.3, -0.25) is 4.98 Å². The minimum Gasteiger partial charge on any atom is -0.383 e. The lowest BCUT2D eigenvalue weighted by molar-refractivity contribution is 0.443. The number of aromatic nitrogens is 4. The zero-order valence-corrected chi connectivity index (χ0v) is 23.1. The van der Waals surface area contributed by atoms with Crippen LogP contribution >= 0.6 is 11.6 Å². The van der Waals surface area contributed by atoms with Crippen LogP contribution in [0.1, 0.15) is 56.0 Å². The molecule has 2 radical (unpaired) electrons. The zero-order chi connectivity index (χ0) is 28.7. The first kappa shape index (κ1) is 27.0. The van der Waals surface area contributed by atoms with Crippen LogP contribution in [0.2, 0.25) is 5.02 Å². The lowest BCUT2D eigenvalue weighted by Gasteiger charge is -2.32. The van der Waals surface area contributed by atoms with Crippen molar-refractivity contribution >= 4 is 41.7 Å². The molecule has 11 heteroatoms. The molecule has 1 aliphatic carbocycles. The molecule has 0 aliphatic heterocycles. The van der Waals surface area contributed by atoms with Crippen molar-refractivity contribution in [2.45, 2.75) is 44.6 Å². The van der Waals surface area contributed by atoms with Crippen molar-refractivity contribution in [2.24, 2.45) is 5.41 Å². The van der Waals surface area contributed by atoms with Gasteiger partial charge in [-0.1, -0.05) is 55.8 Å². The van der Waals surface area contributed by atoms with Gasteiger partial charge in [0, 0.05) is 28.8 Å². The molecule has 40 heavy (non-hydrogen) atoms. The third kappa shape index (κ3) is 4.81. The van der Waals surface area contributed by atoms with Crippen molar-refractivity contribution in [3.63, 3.8) is 0 Å². The molecule has 0 saturated heterocycles. The number of nitrogens with one attached hydrogen (secondary N) is 2. The molecule has 0 spiro atoms. The normalized spacial score (nSPS) is 15.3. The molecule has 1 atom stereocenters. The molecule has 9 nitrogen and oxygen atoms in total. The molecule has 2 heterocycles. The number of hydrogen-bond acceptors (Lipinski definition) is 8. The van der Waals surface area contributed by atoms with E-state index in [0.29, 0.717) is 69.1 Å². The second-order valence-electron chi connectivity index (χ2n) is 11.2. The number of benzene rings is 2. The first-order chi connectivity index (χ1) is 19.0. The topological polar surface area (TPSA) is 139 Å². The van der Waals surface area contributed by atoms with E-state index in [-0.39, 0.29) is 5.41 Å². The van der Waals surface area contributed by atoms with Gasteiger partial charge in [-0.25, -0.2) is 4.68 Å². The second-order valence-corrected chi connectivity index (χ2v) is 11.6. The molecule has 1 fully saturated rings. The van der Waals surface area contributed by atoms with Crippen molar-refractivity contribution in [2.75, 3.05) is 17.2 Å². The summed E-state index contributed by atoms with van der Waals surface area (Å²) >= 11 is 6.63. The van der Waals surface area contributed by atoms with E-state index in [2.05, 4.69) is 64.9 Å². The molecule has 0 amide bonds. The maximum Gasteiger partial charge on any atom is 0.150 e. The highest BCUT2D eigenvalue weighted by atomic mass is 35.5. The smallest absolute Gasteiger partial charge is 0.150 e. The van der Waals surface area contributed by atoms with Gasteiger partial charge in [-0.05, 0) is 42.0 Å². The van der Waals surface area contributed by atoms with E-state index in [9.17, 15) is 15.8 Å². The predicted octanol–water partition coefficient (Wildman–Crippen LogP) is 5.18. The number of anilines is 2. The van der Waals surface area contributed by atoms with E-state index in [1.54, 1.807) is 41.2 Å². The van der Waals surface area contributed by atoms with Crippen LogP contribution in [0.5, 0.6) is 0 Å². The van der Waals surface area contributed by atoms with Crippen LogP contribution in [0.25, 0.3) is 10.9 Å². The van der Waals surface area contributed by atoms with E-state index in [1.807, 2.05) is 6.07 Å². The van der Waals surface area contributed by atoms with Gasteiger partial charge in [-0.15, -0.1) is 5.10 Å². The SMILES string of the molecule is [B]C(Nc1cc(C#N)c2ncc(C#N)c(NCC(C)(C)C)c2c1)(c1cn(C2(C#N)CC2)nn1)c1ccccc1Cl. The number of hydrogen-bond donors (Lipinski definition) is 2. The molecule has 0 bridgehead atoms. The summed E-state index contributed by atoms with van der Waals surface area (Å²) in [4.78, 5) is 4.42. The van der Waals surface area contributed by atoms with Crippen LogP contribution in [0, 0.1) is 39.4 Å². The summed E-state index contributed by atoms with van der Waals surface area (Å²) in [5.41, 5.74) is 0.775. The Morgan fingerprint density at radius 3 is 2.45 bits per heavy atom. The molecule has 4 aromatic rings. The molecular weight excluding hydrogens is 521 g/mol. The fraction of sp³-hybridized carbons (Fsp3) is 0.310. The van der Waals surface area contributed by atoms with Crippen LogP contribution in [0.15, 0.2) is 48.8 Å². The van der Waals surface area contributed by atoms with Gasteiger partial charge in [-0.2, -0.15) is 15.8 Å². The lowest BCUT2D eigenvalue weighted by Crippen LogP contribution is -2.38. The van der Waals surface area contributed by atoms with E-state index in [0.717, 1.165) is 0 Å². The standard InChI is InChI=1S/C29H25BClN9/c1-27(2,3)17-36-26-19(13-33)14-35-25-18(12-32)10-20(11-21(25)26)37-29(30,22-6-4-5-7-23(22)31)24-15-40(39-38-24)28(16-34)8-9-28/h4-7,10-11,14-15,37H,8-9,17H2,1-3H3,(H,35,36). The van der Waals surface area contributed by atoms with Gasteiger partial charge in [0.2, 0.25) is 0 Å². The molecule has 1 aliphatic rings. The fourth-order valence-electron chi connectivity index (χ4n) is 4.53. The Morgan fingerprint density at radius 2 is 1.82 bits per heavy atom.